The highest BCUT2D eigenvalue weighted by Gasteiger charge is 2.06. The van der Waals surface area contributed by atoms with Gasteiger partial charge in [-0.05, 0) is 37.3 Å². The van der Waals surface area contributed by atoms with E-state index < -0.39 is 6.10 Å². The minimum absolute atomic E-state index is 0. The summed E-state index contributed by atoms with van der Waals surface area (Å²) in [5.41, 5.74) is 0.959. The van der Waals surface area contributed by atoms with Crippen molar-refractivity contribution in [1.82, 2.24) is 10.6 Å². The molecule has 22 heavy (non-hydrogen) atoms. The van der Waals surface area contributed by atoms with Crippen molar-refractivity contribution in [2.24, 2.45) is 4.99 Å². The van der Waals surface area contributed by atoms with Gasteiger partial charge in [-0.2, -0.15) is 11.8 Å². The molecule has 0 amide bonds. The molecule has 0 aliphatic rings. The quantitative estimate of drug-likeness (QED) is 0.241. The number of hydrogen-bond donors (Lipinski definition) is 3. The summed E-state index contributed by atoms with van der Waals surface area (Å²) < 4.78 is 0. The maximum atomic E-state index is 10.1. The number of halogens is 1. The number of benzene rings is 1. The van der Waals surface area contributed by atoms with Crippen LogP contribution in [0.3, 0.4) is 0 Å². The molecule has 1 atom stereocenters. The van der Waals surface area contributed by atoms with Gasteiger partial charge < -0.3 is 15.7 Å². The van der Waals surface area contributed by atoms with Crippen molar-refractivity contribution in [1.29, 1.82) is 0 Å². The smallest absolute Gasteiger partial charge is 0.191 e. The van der Waals surface area contributed by atoms with Gasteiger partial charge in [0.1, 0.15) is 0 Å². The summed E-state index contributed by atoms with van der Waals surface area (Å²) in [6.07, 6.45) is 3.43. The fourth-order valence-electron chi connectivity index (χ4n) is 1.91. The Hall–Kier alpha value is -0.470. The summed E-state index contributed by atoms with van der Waals surface area (Å²) in [4.78, 5) is 4.52. The SMILES string of the molecule is CCNC(=NCCCSC)NCCC(O)c1ccccc1.I. The van der Waals surface area contributed by atoms with Crippen molar-refractivity contribution in [3.8, 4) is 0 Å². The van der Waals surface area contributed by atoms with Crippen LogP contribution in [0, 0.1) is 0 Å². The number of hydrogen-bond acceptors (Lipinski definition) is 3. The molecule has 1 unspecified atom stereocenters. The Bertz CT molecular complexity index is 404. The molecule has 0 heterocycles. The van der Waals surface area contributed by atoms with Gasteiger partial charge in [0.05, 0.1) is 6.10 Å². The summed E-state index contributed by atoms with van der Waals surface area (Å²) in [7, 11) is 0. The molecule has 1 aromatic carbocycles. The van der Waals surface area contributed by atoms with Gasteiger partial charge >= 0.3 is 0 Å². The molecular formula is C16H28IN3OS. The number of aliphatic hydroxyl groups excluding tert-OH is 1. The van der Waals surface area contributed by atoms with Gasteiger partial charge in [-0.1, -0.05) is 30.3 Å². The number of nitrogens with one attached hydrogen (secondary N) is 2. The molecule has 0 bridgehead atoms. The van der Waals surface area contributed by atoms with E-state index in [-0.39, 0.29) is 24.0 Å². The number of nitrogens with zero attached hydrogens (tertiary/aromatic N) is 1. The van der Waals surface area contributed by atoms with E-state index in [9.17, 15) is 5.11 Å². The van der Waals surface area contributed by atoms with Crippen molar-refractivity contribution < 1.29 is 5.11 Å². The Morgan fingerprint density at radius 1 is 1.27 bits per heavy atom. The number of aliphatic hydroxyl groups is 1. The van der Waals surface area contributed by atoms with Gasteiger partial charge in [0.25, 0.3) is 0 Å². The van der Waals surface area contributed by atoms with Crippen molar-refractivity contribution in [2.45, 2.75) is 25.9 Å². The lowest BCUT2D eigenvalue weighted by Gasteiger charge is -2.14. The molecule has 126 valence electrons. The average molecular weight is 437 g/mol. The molecule has 3 N–H and O–H groups in total. The Morgan fingerprint density at radius 2 is 2.00 bits per heavy atom. The standard InChI is InChI=1S/C16H27N3OS.HI/c1-3-17-16(18-11-7-13-21-2)19-12-10-15(20)14-8-5-4-6-9-14;/h4-6,8-9,15,20H,3,7,10-13H2,1-2H3,(H2,17,18,19);1H. The van der Waals surface area contributed by atoms with Crippen LogP contribution >= 0.6 is 35.7 Å². The van der Waals surface area contributed by atoms with E-state index in [4.69, 9.17) is 0 Å². The summed E-state index contributed by atoms with van der Waals surface area (Å²) in [6.45, 7) is 4.43. The number of aliphatic imine (C=N–C) groups is 1. The molecule has 0 spiro atoms. The maximum Gasteiger partial charge on any atom is 0.191 e. The predicted molar refractivity (Wildman–Crippen MR) is 108 cm³/mol. The summed E-state index contributed by atoms with van der Waals surface area (Å²) in [6, 6.07) is 9.75. The minimum Gasteiger partial charge on any atom is -0.388 e. The van der Waals surface area contributed by atoms with Gasteiger partial charge in [0.2, 0.25) is 0 Å². The van der Waals surface area contributed by atoms with Crippen LogP contribution in [0.5, 0.6) is 0 Å². The van der Waals surface area contributed by atoms with Crippen LogP contribution in [0.2, 0.25) is 0 Å². The fourth-order valence-corrected chi connectivity index (χ4v) is 2.33. The molecule has 0 aliphatic heterocycles. The zero-order valence-corrected chi connectivity index (χ0v) is 16.6. The lowest BCUT2D eigenvalue weighted by Crippen LogP contribution is -2.38. The normalized spacial score (nSPS) is 12.4. The first-order valence-electron chi connectivity index (χ1n) is 7.52. The molecule has 0 aliphatic carbocycles. The zero-order chi connectivity index (χ0) is 15.3. The van der Waals surface area contributed by atoms with Gasteiger partial charge in [0, 0.05) is 19.6 Å². The van der Waals surface area contributed by atoms with Crippen molar-refractivity contribution in [2.75, 3.05) is 31.6 Å². The number of guanidine groups is 1. The Morgan fingerprint density at radius 3 is 2.64 bits per heavy atom. The molecule has 0 saturated carbocycles. The van der Waals surface area contributed by atoms with E-state index >= 15 is 0 Å². The zero-order valence-electron chi connectivity index (χ0n) is 13.4. The van der Waals surface area contributed by atoms with Crippen molar-refractivity contribution in [3.63, 3.8) is 0 Å². The number of rotatable bonds is 9. The molecule has 0 saturated heterocycles. The van der Waals surface area contributed by atoms with Crippen LogP contribution in [0.15, 0.2) is 35.3 Å². The first kappa shape index (κ1) is 21.5. The van der Waals surface area contributed by atoms with Crippen LogP contribution in [-0.4, -0.2) is 42.7 Å². The monoisotopic (exact) mass is 437 g/mol. The lowest BCUT2D eigenvalue weighted by molar-refractivity contribution is 0.168. The van der Waals surface area contributed by atoms with Gasteiger partial charge in [-0.15, -0.1) is 24.0 Å². The summed E-state index contributed by atoms with van der Waals surface area (Å²) >= 11 is 1.84. The first-order valence-corrected chi connectivity index (χ1v) is 8.91. The lowest BCUT2D eigenvalue weighted by atomic mass is 10.1. The van der Waals surface area contributed by atoms with Crippen LogP contribution in [0.25, 0.3) is 0 Å². The average Bonchev–Trinajstić information content (AvgIpc) is 2.52. The molecule has 0 fully saturated rings. The van der Waals surface area contributed by atoms with Gasteiger partial charge in [-0.3, -0.25) is 4.99 Å². The minimum atomic E-state index is -0.432. The molecular weight excluding hydrogens is 409 g/mol. The Balaban J connectivity index is 0.00000441. The van der Waals surface area contributed by atoms with E-state index in [1.807, 2.05) is 42.1 Å². The highest BCUT2D eigenvalue weighted by atomic mass is 127. The molecule has 1 rings (SSSR count). The first-order chi connectivity index (χ1) is 10.3. The Labute approximate surface area is 155 Å². The number of thioether (sulfide) groups is 1. The third-order valence-corrected chi connectivity index (χ3v) is 3.71. The maximum absolute atomic E-state index is 10.1. The molecule has 1 aromatic rings. The molecule has 6 heteroatoms. The van der Waals surface area contributed by atoms with E-state index in [1.54, 1.807) is 0 Å². The summed E-state index contributed by atoms with van der Waals surface area (Å²) in [5, 5.41) is 16.6. The highest BCUT2D eigenvalue weighted by Crippen LogP contribution is 2.14. The molecule has 4 nitrogen and oxygen atoms in total. The second-order valence-electron chi connectivity index (χ2n) is 4.75. The van der Waals surface area contributed by atoms with Crippen molar-refractivity contribution >= 4 is 41.7 Å². The topological polar surface area (TPSA) is 56.7 Å². The largest absolute Gasteiger partial charge is 0.388 e. The predicted octanol–water partition coefficient (Wildman–Crippen LogP) is 3.04. The third-order valence-electron chi connectivity index (χ3n) is 3.02. The van der Waals surface area contributed by atoms with Crippen molar-refractivity contribution in [3.05, 3.63) is 35.9 Å². The van der Waals surface area contributed by atoms with E-state index in [1.165, 1.54) is 0 Å². The second-order valence-corrected chi connectivity index (χ2v) is 5.73. The van der Waals surface area contributed by atoms with Gasteiger partial charge in [-0.25, -0.2) is 0 Å². The molecule has 0 radical (unpaired) electrons. The second kappa shape index (κ2) is 14.1. The molecule has 0 aromatic heterocycles. The van der Waals surface area contributed by atoms with Crippen LogP contribution in [0.4, 0.5) is 0 Å². The Kier molecular flexibility index (Phi) is 13.8. The third kappa shape index (κ3) is 9.53. The highest BCUT2D eigenvalue weighted by molar-refractivity contribution is 14.0. The van der Waals surface area contributed by atoms with E-state index in [0.717, 1.165) is 36.8 Å². The fraction of sp³-hybridized carbons (Fsp3) is 0.562. The van der Waals surface area contributed by atoms with Crippen LogP contribution < -0.4 is 10.6 Å². The van der Waals surface area contributed by atoms with Crippen LogP contribution in [0.1, 0.15) is 31.4 Å². The van der Waals surface area contributed by atoms with E-state index in [0.29, 0.717) is 13.0 Å². The summed E-state index contributed by atoms with van der Waals surface area (Å²) in [5.74, 6) is 1.97. The van der Waals surface area contributed by atoms with Gasteiger partial charge in [0.15, 0.2) is 5.96 Å². The van der Waals surface area contributed by atoms with E-state index in [2.05, 4.69) is 28.8 Å². The van der Waals surface area contributed by atoms with Crippen LogP contribution in [-0.2, 0) is 0 Å².